The molecule has 1 aliphatic heterocycles. The molecule has 1 aliphatic rings. The molecule has 0 N–H and O–H groups in total. The molecule has 1 aromatic rings. The SMILES string of the molecule is COc1cc(CC(=O)N2CCCCC2C)cc(OC)c1OC. The molecule has 2 rings (SSSR count). The van der Waals surface area contributed by atoms with Crippen LogP contribution in [-0.4, -0.2) is 44.7 Å². The van der Waals surface area contributed by atoms with Gasteiger partial charge in [-0.2, -0.15) is 0 Å². The molecule has 1 fully saturated rings. The number of hydrogen-bond acceptors (Lipinski definition) is 4. The second-order valence-corrected chi connectivity index (χ2v) is 5.64. The number of ether oxygens (including phenoxy) is 3. The fraction of sp³-hybridized carbons (Fsp3) is 0.588. The lowest BCUT2D eigenvalue weighted by atomic mass is 10.0. The highest BCUT2D eigenvalue weighted by Gasteiger charge is 2.24. The van der Waals surface area contributed by atoms with E-state index in [-0.39, 0.29) is 5.91 Å². The van der Waals surface area contributed by atoms with E-state index in [4.69, 9.17) is 14.2 Å². The molecule has 0 aromatic heterocycles. The highest BCUT2D eigenvalue weighted by atomic mass is 16.5. The van der Waals surface area contributed by atoms with Crippen LogP contribution in [0.5, 0.6) is 17.2 Å². The smallest absolute Gasteiger partial charge is 0.227 e. The molecule has 0 spiro atoms. The van der Waals surface area contributed by atoms with Crippen LogP contribution in [0.15, 0.2) is 12.1 Å². The van der Waals surface area contributed by atoms with Gasteiger partial charge < -0.3 is 19.1 Å². The Bertz CT molecular complexity index is 504. The van der Waals surface area contributed by atoms with Crippen LogP contribution in [-0.2, 0) is 11.2 Å². The van der Waals surface area contributed by atoms with Crippen LogP contribution < -0.4 is 14.2 Å². The van der Waals surface area contributed by atoms with Crippen LogP contribution in [0.3, 0.4) is 0 Å². The Kier molecular flexibility index (Phi) is 5.52. The number of benzene rings is 1. The van der Waals surface area contributed by atoms with Crippen molar-refractivity contribution in [3.63, 3.8) is 0 Å². The van der Waals surface area contributed by atoms with E-state index in [2.05, 4.69) is 6.92 Å². The minimum absolute atomic E-state index is 0.154. The summed E-state index contributed by atoms with van der Waals surface area (Å²) in [4.78, 5) is 14.5. The molecule has 1 saturated heterocycles. The molecule has 0 bridgehead atoms. The van der Waals surface area contributed by atoms with Gasteiger partial charge in [0.2, 0.25) is 11.7 Å². The van der Waals surface area contributed by atoms with Crippen molar-refractivity contribution < 1.29 is 19.0 Å². The minimum Gasteiger partial charge on any atom is -0.493 e. The summed E-state index contributed by atoms with van der Waals surface area (Å²) >= 11 is 0. The van der Waals surface area contributed by atoms with Crippen molar-refractivity contribution in [3.05, 3.63) is 17.7 Å². The van der Waals surface area contributed by atoms with Crippen molar-refractivity contribution in [2.75, 3.05) is 27.9 Å². The van der Waals surface area contributed by atoms with Gasteiger partial charge in [-0.1, -0.05) is 0 Å². The Hall–Kier alpha value is -1.91. The predicted octanol–water partition coefficient (Wildman–Crippen LogP) is 2.66. The van der Waals surface area contributed by atoms with E-state index in [1.54, 1.807) is 21.3 Å². The summed E-state index contributed by atoms with van der Waals surface area (Å²) in [6, 6.07) is 4.00. The number of rotatable bonds is 5. The molecule has 22 heavy (non-hydrogen) atoms. The Morgan fingerprint density at radius 2 is 1.77 bits per heavy atom. The Balaban J connectivity index is 2.20. The van der Waals surface area contributed by atoms with E-state index in [1.165, 1.54) is 6.42 Å². The lowest BCUT2D eigenvalue weighted by Gasteiger charge is -2.33. The lowest BCUT2D eigenvalue weighted by molar-refractivity contribution is -0.133. The number of methoxy groups -OCH3 is 3. The normalized spacial score (nSPS) is 18.0. The van der Waals surface area contributed by atoms with Crippen molar-refractivity contribution in [1.29, 1.82) is 0 Å². The first-order chi connectivity index (χ1) is 10.6. The minimum atomic E-state index is 0.154. The predicted molar refractivity (Wildman–Crippen MR) is 84.8 cm³/mol. The van der Waals surface area contributed by atoms with Gasteiger partial charge in [-0.3, -0.25) is 4.79 Å². The quantitative estimate of drug-likeness (QED) is 0.839. The van der Waals surface area contributed by atoms with Crippen molar-refractivity contribution in [2.24, 2.45) is 0 Å². The van der Waals surface area contributed by atoms with Gasteiger partial charge in [0.25, 0.3) is 0 Å². The highest BCUT2D eigenvalue weighted by molar-refractivity contribution is 5.79. The first-order valence-electron chi connectivity index (χ1n) is 7.69. The van der Waals surface area contributed by atoms with E-state index < -0.39 is 0 Å². The van der Waals surface area contributed by atoms with Crippen LogP contribution in [0.25, 0.3) is 0 Å². The molecular weight excluding hydrogens is 282 g/mol. The third-order valence-electron chi connectivity index (χ3n) is 4.20. The van der Waals surface area contributed by atoms with E-state index in [1.807, 2.05) is 17.0 Å². The number of carbonyl (C=O) groups excluding carboxylic acids is 1. The molecule has 1 amide bonds. The number of hydrogen-bond donors (Lipinski definition) is 0. The first-order valence-corrected chi connectivity index (χ1v) is 7.69. The van der Waals surface area contributed by atoms with Gasteiger partial charge in [-0.05, 0) is 43.9 Å². The summed E-state index contributed by atoms with van der Waals surface area (Å²) in [7, 11) is 4.73. The zero-order chi connectivity index (χ0) is 16.1. The fourth-order valence-electron chi connectivity index (χ4n) is 2.98. The molecule has 0 saturated carbocycles. The lowest BCUT2D eigenvalue weighted by Crippen LogP contribution is -2.42. The molecule has 1 heterocycles. The summed E-state index contributed by atoms with van der Waals surface area (Å²) in [5, 5.41) is 0. The molecule has 0 radical (unpaired) electrons. The molecule has 5 nitrogen and oxygen atoms in total. The summed E-state index contributed by atoms with van der Waals surface area (Å²) in [5.41, 5.74) is 0.872. The molecule has 0 aliphatic carbocycles. The third kappa shape index (κ3) is 3.46. The largest absolute Gasteiger partial charge is 0.493 e. The summed E-state index contributed by atoms with van der Waals surface area (Å²) in [5.74, 6) is 1.86. The monoisotopic (exact) mass is 307 g/mol. The number of nitrogens with zero attached hydrogens (tertiary/aromatic N) is 1. The fourth-order valence-corrected chi connectivity index (χ4v) is 2.98. The van der Waals surface area contributed by atoms with Gasteiger partial charge >= 0.3 is 0 Å². The van der Waals surface area contributed by atoms with E-state index in [0.29, 0.717) is 29.7 Å². The zero-order valence-corrected chi connectivity index (χ0v) is 13.8. The van der Waals surface area contributed by atoms with E-state index >= 15 is 0 Å². The maximum Gasteiger partial charge on any atom is 0.227 e. The van der Waals surface area contributed by atoms with Crippen molar-refractivity contribution in [2.45, 2.75) is 38.6 Å². The van der Waals surface area contributed by atoms with Crippen LogP contribution in [0.1, 0.15) is 31.7 Å². The average molecular weight is 307 g/mol. The van der Waals surface area contributed by atoms with Crippen molar-refractivity contribution in [3.8, 4) is 17.2 Å². The zero-order valence-electron chi connectivity index (χ0n) is 13.8. The Morgan fingerprint density at radius 3 is 2.27 bits per heavy atom. The molecule has 1 aromatic carbocycles. The maximum absolute atomic E-state index is 12.5. The second-order valence-electron chi connectivity index (χ2n) is 5.64. The molecule has 5 heteroatoms. The van der Waals surface area contributed by atoms with Gasteiger partial charge in [-0.25, -0.2) is 0 Å². The summed E-state index contributed by atoms with van der Waals surface area (Å²) in [6.07, 6.45) is 3.72. The second kappa shape index (κ2) is 7.38. The first kappa shape index (κ1) is 16.5. The standard InChI is InChI=1S/C17H25NO4/c1-12-7-5-6-8-18(12)16(19)11-13-9-14(20-2)17(22-4)15(10-13)21-3/h9-10,12H,5-8,11H2,1-4H3. The molecular formula is C17H25NO4. The van der Waals surface area contributed by atoms with Crippen LogP contribution in [0, 0.1) is 0 Å². The average Bonchev–Trinajstić information content (AvgIpc) is 2.54. The topological polar surface area (TPSA) is 48.0 Å². The Morgan fingerprint density at radius 1 is 1.14 bits per heavy atom. The number of likely N-dealkylation sites (tertiary alicyclic amines) is 1. The number of carbonyl (C=O) groups is 1. The maximum atomic E-state index is 12.5. The van der Waals surface area contributed by atoms with Crippen molar-refractivity contribution >= 4 is 5.91 Å². The van der Waals surface area contributed by atoms with Crippen LogP contribution in [0.2, 0.25) is 0 Å². The van der Waals surface area contributed by atoms with Gasteiger partial charge in [0.1, 0.15) is 0 Å². The van der Waals surface area contributed by atoms with Gasteiger partial charge in [0.05, 0.1) is 27.8 Å². The molecule has 1 atom stereocenters. The Labute approximate surface area is 132 Å². The van der Waals surface area contributed by atoms with Crippen LogP contribution in [0.4, 0.5) is 0 Å². The number of piperidine rings is 1. The van der Waals surface area contributed by atoms with Crippen LogP contribution >= 0.6 is 0 Å². The highest BCUT2D eigenvalue weighted by Crippen LogP contribution is 2.38. The van der Waals surface area contributed by atoms with E-state index in [9.17, 15) is 4.79 Å². The van der Waals surface area contributed by atoms with Gasteiger partial charge in [0.15, 0.2) is 11.5 Å². The number of amides is 1. The molecule has 1 unspecified atom stereocenters. The van der Waals surface area contributed by atoms with Gasteiger partial charge in [-0.15, -0.1) is 0 Å². The molecule has 122 valence electrons. The third-order valence-corrected chi connectivity index (χ3v) is 4.20. The van der Waals surface area contributed by atoms with Gasteiger partial charge in [0, 0.05) is 12.6 Å². The van der Waals surface area contributed by atoms with Crippen molar-refractivity contribution in [1.82, 2.24) is 4.90 Å². The van der Waals surface area contributed by atoms with E-state index in [0.717, 1.165) is 24.9 Å². The summed E-state index contributed by atoms with van der Waals surface area (Å²) in [6.45, 7) is 2.97. The summed E-state index contributed by atoms with van der Waals surface area (Å²) < 4.78 is 16.0.